The van der Waals surface area contributed by atoms with Crippen molar-refractivity contribution in [3.63, 3.8) is 0 Å². The van der Waals surface area contributed by atoms with Gasteiger partial charge in [-0.15, -0.1) is 6.58 Å². The summed E-state index contributed by atoms with van der Waals surface area (Å²) in [4.78, 5) is 48.7. The Morgan fingerprint density at radius 3 is 2.77 bits per heavy atom. The van der Waals surface area contributed by atoms with Crippen molar-refractivity contribution in [2.45, 2.75) is 0 Å². The molecule has 3 rings (SSSR count). The van der Waals surface area contributed by atoms with E-state index >= 15 is 0 Å². The summed E-state index contributed by atoms with van der Waals surface area (Å²) in [7, 11) is 0. The monoisotopic (exact) mass is 410 g/mol. The van der Waals surface area contributed by atoms with Gasteiger partial charge >= 0.3 is 0 Å². The predicted octanol–water partition coefficient (Wildman–Crippen LogP) is 1.87. The van der Waals surface area contributed by atoms with Crippen molar-refractivity contribution in [2.24, 2.45) is 0 Å². The van der Waals surface area contributed by atoms with E-state index in [0.29, 0.717) is 0 Å². The number of para-hydroxylation sites is 1. The van der Waals surface area contributed by atoms with Gasteiger partial charge in [0.05, 0.1) is 21.9 Å². The van der Waals surface area contributed by atoms with Crippen LogP contribution < -0.4 is 20.3 Å². The van der Waals surface area contributed by atoms with E-state index in [1.54, 1.807) is 24.3 Å². The zero-order valence-electron chi connectivity index (χ0n) is 15.8. The molecule has 154 valence electrons. The number of hydrogen-bond donors (Lipinski definition) is 2. The van der Waals surface area contributed by atoms with E-state index in [1.165, 1.54) is 24.3 Å². The highest BCUT2D eigenvalue weighted by Crippen LogP contribution is 2.35. The smallest absolute Gasteiger partial charge is 0.271 e. The molecule has 10 nitrogen and oxygen atoms in total. The second-order valence-electron chi connectivity index (χ2n) is 6.27. The number of nitro benzene ring substituents is 1. The molecule has 1 aliphatic heterocycles. The molecule has 0 fully saturated rings. The van der Waals surface area contributed by atoms with Crippen molar-refractivity contribution < 1.29 is 24.0 Å². The Bertz CT molecular complexity index is 1040. The molecule has 0 aromatic heterocycles. The molecule has 0 spiro atoms. The fourth-order valence-corrected chi connectivity index (χ4v) is 2.86. The molecule has 0 bridgehead atoms. The van der Waals surface area contributed by atoms with E-state index in [4.69, 9.17) is 4.74 Å². The highest BCUT2D eigenvalue weighted by molar-refractivity contribution is 6.08. The minimum Gasteiger partial charge on any atom is -0.482 e. The summed E-state index contributed by atoms with van der Waals surface area (Å²) in [6.45, 7) is 3.10. The fourth-order valence-electron chi connectivity index (χ4n) is 2.86. The number of nitrogens with one attached hydrogen (secondary N) is 2. The quantitative estimate of drug-likeness (QED) is 0.407. The lowest BCUT2D eigenvalue weighted by molar-refractivity contribution is -0.384. The summed E-state index contributed by atoms with van der Waals surface area (Å²) in [5.41, 5.74) is 0.412. The first kappa shape index (κ1) is 20.5. The van der Waals surface area contributed by atoms with Gasteiger partial charge < -0.3 is 15.4 Å². The molecule has 2 N–H and O–H groups in total. The van der Waals surface area contributed by atoms with Crippen molar-refractivity contribution in [1.29, 1.82) is 0 Å². The molecule has 2 aromatic rings. The summed E-state index contributed by atoms with van der Waals surface area (Å²) in [5.74, 6) is -1.23. The summed E-state index contributed by atoms with van der Waals surface area (Å²) < 4.78 is 5.28. The van der Waals surface area contributed by atoms with Gasteiger partial charge in [-0.3, -0.25) is 29.4 Å². The van der Waals surface area contributed by atoms with Crippen LogP contribution in [-0.2, 0) is 9.59 Å². The third kappa shape index (κ3) is 4.43. The molecule has 0 saturated carbocycles. The van der Waals surface area contributed by atoms with Crippen LogP contribution in [0.25, 0.3) is 0 Å². The minimum absolute atomic E-state index is 0.132. The Hall–Kier alpha value is -4.21. The number of carbonyl (C=O) groups excluding carboxylic acids is 3. The van der Waals surface area contributed by atoms with E-state index in [9.17, 15) is 24.5 Å². The van der Waals surface area contributed by atoms with Crippen LogP contribution in [-0.4, -0.2) is 42.3 Å². The Morgan fingerprint density at radius 2 is 2.03 bits per heavy atom. The maximum absolute atomic E-state index is 12.6. The third-order valence-electron chi connectivity index (χ3n) is 4.25. The maximum Gasteiger partial charge on any atom is 0.271 e. The Balaban J connectivity index is 1.80. The molecule has 0 saturated heterocycles. The molecule has 30 heavy (non-hydrogen) atoms. The van der Waals surface area contributed by atoms with Crippen molar-refractivity contribution in [2.75, 3.05) is 29.9 Å². The van der Waals surface area contributed by atoms with Gasteiger partial charge in [-0.05, 0) is 18.2 Å². The lowest BCUT2D eigenvalue weighted by Crippen LogP contribution is -2.43. The zero-order chi connectivity index (χ0) is 21.7. The van der Waals surface area contributed by atoms with Crippen LogP contribution in [0.1, 0.15) is 10.4 Å². The average Bonchev–Trinajstić information content (AvgIpc) is 2.74. The lowest BCUT2D eigenvalue weighted by Gasteiger charge is -2.28. The Morgan fingerprint density at radius 1 is 1.27 bits per heavy atom. The fraction of sp³-hybridized carbons (Fsp3) is 0.150. The van der Waals surface area contributed by atoms with Gasteiger partial charge in [0.25, 0.3) is 17.5 Å². The molecule has 0 unspecified atom stereocenters. The van der Waals surface area contributed by atoms with Gasteiger partial charge in [-0.25, -0.2) is 0 Å². The van der Waals surface area contributed by atoms with E-state index in [-0.39, 0.29) is 41.5 Å². The van der Waals surface area contributed by atoms with Crippen LogP contribution in [0, 0.1) is 10.1 Å². The summed E-state index contributed by atoms with van der Waals surface area (Å²) in [5, 5.41) is 16.3. The van der Waals surface area contributed by atoms with Crippen LogP contribution in [0.5, 0.6) is 5.75 Å². The molecular formula is C20H18N4O6. The van der Waals surface area contributed by atoms with Crippen LogP contribution in [0.4, 0.5) is 17.1 Å². The van der Waals surface area contributed by atoms with Gasteiger partial charge in [0, 0.05) is 18.7 Å². The normalized spacial score (nSPS) is 12.4. The van der Waals surface area contributed by atoms with Crippen LogP contribution in [0.2, 0.25) is 0 Å². The van der Waals surface area contributed by atoms with E-state index < -0.39 is 29.2 Å². The maximum atomic E-state index is 12.6. The van der Waals surface area contributed by atoms with E-state index in [1.807, 2.05) is 0 Å². The second-order valence-corrected chi connectivity index (χ2v) is 6.27. The van der Waals surface area contributed by atoms with E-state index in [0.717, 1.165) is 4.90 Å². The molecule has 1 aliphatic rings. The van der Waals surface area contributed by atoms with Gasteiger partial charge in [0.15, 0.2) is 6.61 Å². The molecule has 0 atom stereocenters. The Kier molecular flexibility index (Phi) is 6.06. The molecule has 0 radical (unpaired) electrons. The molecular weight excluding hydrogens is 392 g/mol. The van der Waals surface area contributed by atoms with Crippen LogP contribution in [0.3, 0.4) is 0 Å². The van der Waals surface area contributed by atoms with Gasteiger partial charge in [0.2, 0.25) is 5.91 Å². The Labute approximate surface area is 171 Å². The van der Waals surface area contributed by atoms with Crippen molar-refractivity contribution in [1.82, 2.24) is 5.32 Å². The number of hydrogen-bond acceptors (Lipinski definition) is 6. The largest absolute Gasteiger partial charge is 0.482 e. The van der Waals surface area contributed by atoms with Gasteiger partial charge in [-0.2, -0.15) is 0 Å². The lowest BCUT2D eigenvalue weighted by atomic mass is 10.1. The van der Waals surface area contributed by atoms with Crippen LogP contribution in [0.15, 0.2) is 55.1 Å². The third-order valence-corrected chi connectivity index (χ3v) is 4.25. The average molecular weight is 410 g/mol. The predicted molar refractivity (Wildman–Crippen MR) is 109 cm³/mol. The molecule has 1 heterocycles. The number of ether oxygens (including phenoxy) is 1. The number of nitro groups is 1. The molecule has 3 amide bonds. The zero-order valence-corrected chi connectivity index (χ0v) is 15.8. The van der Waals surface area contributed by atoms with Crippen molar-refractivity contribution >= 4 is 34.8 Å². The first-order valence-electron chi connectivity index (χ1n) is 8.90. The summed E-state index contributed by atoms with van der Waals surface area (Å²) in [6, 6.07) is 10.2. The molecule has 10 heteroatoms. The standard InChI is InChI=1S/C20H18N4O6/c1-2-9-21-20(27)14-5-3-4-6-15(14)22-18(25)11-23-16-10-13(24(28)29)7-8-17(16)30-12-19(23)26/h2-8,10H,1,9,11-12H2,(H,21,27)(H,22,25). The summed E-state index contributed by atoms with van der Waals surface area (Å²) in [6.07, 6.45) is 1.53. The van der Waals surface area contributed by atoms with Crippen LogP contribution >= 0.6 is 0 Å². The van der Waals surface area contributed by atoms with Gasteiger partial charge in [0.1, 0.15) is 12.3 Å². The highest BCUT2D eigenvalue weighted by Gasteiger charge is 2.29. The SMILES string of the molecule is C=CCNC(=O)c1ccccc1NC(=O)CN1C(=O)COc2ccc([N+](=O)[O-])cc21. The summed E-state index contributed by atoms with van der Waals surface area (Å²) >= 11 is 0. The van der Waals surface area contributed by atoms with Crippen molar-refractivity contribution in [3.8, 4) is 5.75 Å². The second kappa shape index (κ2) is 8.86. The first-order chi connectivity index (χ1) is 14.4. The van der Waals surface area contributed by atoms with Gasteiger partial charge in [-0.1, -0.05) is 18.2 Å². The number of anilines is 2. The number of rotatable bonds is 7. The minimum atomic E-state index is -0.601. The molecule has 0 aliphatic carbocycles. The topological polar surface area (TPSA) is 131 Å². The number of carbonyl (C=O) groups is 3. The number of nitrogens with zero attached hydrogens (tertiary/aromatic N) is 2. The number of amides is 3. The molecule has 2 aromatic carbocycles. The van der Waals surface area contributed by atoms with E-state index in [2.05, 4.69) is 17.2 Å². The highest BCUT2D eigenvalue weighted by atomic mass is 16.6. The number of benzene rings is 2. The number of fused-ring (bicyclic) bond motifs is 1. The van der Waals surface area contributed by atoms with Crippen molar-refractivity contribution in [3.05, 3.63) is 70.8 Å². The number of non-ortho nitro benzene ring substituents is 1. The first-order valence-corrected chi connectivity index (χ1v) is 8.90.